The number of aromatic nitrogens is 1. The molecule has 0 fully saturated rings. The number of thiazole rings is 1. The van der Waals surface area contributed by atoms with Crippen LogP contribution in [0.1, 0.15) is 17.6 Å². The van der Waals surface area contributed by atoms with Gasteiger partial charge in [0.15, 0.2) is 0 Å². The molecule has 0 bridgehead atoms. The average Bonchev–Trinajstić information content (AvgIpc) is 2.76. The molecule has 0 saturated heterocycles. The minimum Gasteiger partial charge on any atom is -0.379 e. The van der Waals surface area contributed by atoms with Crippen LogP contribution in [-0.4, -0.2) is 4.98 Å². The zero-order valence-electron chi connectivity index (χ0n) is 9.03. The summed E-state index contributed by atoms with van der Waals surface area (Å²) in [6, 6.07) is 6.34. The summed E-state index contributed by atoms with van der Waals surface area (Å²) >= 11 is 1.68. The highest BCUT2D eigenvalue weighted by Gasteiger charge is 2.00. The highest BCUT2D eigenvalue weighted by molar-refractivity contribution is 7.09. The molecule has 0 radical (unpaired) electrons. The SMILES string of the molecule is CCc1nc(CNc2ccc(F)cc2)cs1. The molecule has 2 rings (SSSR count). The van der Waals surface area contributed by atoms with Gasteiger partial charge in [-0.3, -0.25) is 0 Å². The Kier molecular flexibility index (Phi) is 3.51. The van der Waals surface area contributed by atoms with Crippen LogP contribution in [0.2, 0.25) is 0 Å². The van der Waals surface area contributed by atoms with Crippen LogP contribution in [0.5, 0.6) is 0 Å². The van der Waals surface area contributed by atoms with Gasteiger partial charge in [-0.15, -0.1) is 11.3 Å². The Morgan fingerprint density at radius 1 is 1.31 bits per heavy atom. The van der Waals surface area contributed by atoms with Crippen molar-refractivity contribution in [1.29, 1.82) is 0 Å². The third kappa shape index (κ3) is 2.79. The maximum atomic E-state index is 12.7. The highest BCUT2D eigenvalue weighted by Crippen LogP contribution is 2.13. The van der Waals surface area contributed by atoms with Crippen LogP contribution >= 0.6 is 11.3 Å². The van der Waals surface area contributed by atoms with Crippen molar-refractivity contribution in [2.75, 3.05) is 5.32 Å². The molecule has 0 aliphatic carbocycles. The molecule has 2 nitrogen and oxygen atoms in total. The number of anilines is 1. The molecule has 0 unspecified atom stereocenters. The molecule has 1 aromatic heterocycles. The van der Waals surface area contributed by atoms with E-state index in [0.717, 1.165) is 22.8 Å². The van der Waals surface area contributed by atoms with Crippen molar-refractivity contribution in [3.05, 3.63) is 46.2 Å². The van der Waals surface area contributed by atoms with Crippen LogP contribution in [0.3, 0.4) is 0 Å². The molecule has 1 N–H and O–H groups in total. The molecule has 1 heterocycles. The second-order valence-electron chi connectivity index (χ2n) is 3.45. The van der Waals surface area contributed by atoms with Gasteiger partial charge in [0.05, 0.1) is 17.2 Å². The Morgan fingerprint density at radius 3 is 2.69 bits per heavy atom. The molecule has 1 aromatic carbocycles. The van der Waals surface area contributed by atoms with Gasteiger partial charge in [-0.05, 0) is 30.7 Å². The van der Waals surface area contributed by atoms with Crippen molar-refractivity contribution in [3.8, 4) is 0 Å². The van der Waals surface area contributed by atoms with Gasteiger partial charge in [-0.2, -0.15) is 0 Å². The van der Waals surface area contributed by atoms with E-state index in [4.69, 9.17) is 0 Å². The fourth-order valence-electron chi connectivity index (χ4n) is 1.35. The van der Waals surface area contributed by atoms with Crippen molar-refractivity contribution >= 4 is 17.0 Å². The van der Waals surface area contributed by atoms with Gasteiger partial charge in [-0.25, -0.2) is 9.37 Å². The predicted molar refractivity (Wildman–Crippen MR) is 65.2 cm³/mol. The zero-order chi connectivity index (χ0) is 11.4. The normalized spacial score (nSPS) is 10.4. The fraction of sp³-hybridized carbons (Fsp3) is 0.250. The number of hydrogen-bond donors (Lipinski definition) is 1. The van der Waals surface area contributed by atoms with Crippen molar-refractivity contribution in [3.63, 3.8) is 0 Å². The maximum Gasteiger partial charge on any atom is 0.123 e. The lowest BCUT2D eigenvalue weighted by molar-refractivity contribution is 0.628. The average molecular weight is 236 g/mol. The Labute approximate surface area is 98.2 Å². The number of aryl methyl sites for hydroxylation is 1. The van der Waals surface area contributed by atoms with Crippen LogP contribution in [0.15, 0.2) is 29.6 Å². The number of rotatable bonds is 4. The van der Waals surface area contributed by atoms with Gasteiger partial charge in [0.1, 0.15) is 5.82 Å². The molecule has 0 saturated carbocycles. The van der Waals surface area contributed by atoms with E-state index in [9.17, 15) is 4.39 Å². The standard InChI is InChI=1S/C12H13FN2S/c1-2-12-15-11(8-16-12)7-14-10-5-3-9(13)4-6-10/h3-6,8,14H,2,7H2,1H3. The number of benzene rings is 1. The molecule has 4 heteroatoms. The summed E-state index contributed by atoms with van der Waals surface area (Å²) in [6.45, 7) is 2.78. The molecular formula is C12H13FN2S. The molecule has 0 atom stereocenters. The third-order valence-electron chi connectivity index (χ3n) is 2.22. The van der Waals surface area contributed by atoms with Gasteiger partial charge < -0.3 is 5.32 Å². The number of hydrogen-bond acceptors (Lipinski definition) is 3. The minimum atomic E-state index is -0.215. The lowest BCUT2D eigenvalue weighted by atomic mass is 10.3. The second kappa shape index (κ2) is 5.07. The number of nitrogens with one attached hydrogen (secondary N) is 1. The van der Waals surface area contributed by atoms with Gasteiger partial charge in [0.25, 0.3) is 0 Å². The van der Waals surface area contributed by atoms with E-state index in [1.165, 1.54) is 12.1 Å². The number of halogens is 1. The molecule has 0 aliphatic heterocycles. The summed E-state index contributed by atoms with van der Waals surface area (Å²) in [6.07, 6.45) is 0.973. The largest absolute Gasteiger partial charge is 0.379 e. The van der Waals surface area contributed by atoms with E-state index in [-0.39, 0.29) is 5.82 Å². The van der Waals surface area contributed by atoms with Crippen molar-refractivity contribution in [2.24, 2.45) is 0 Å². The van der Waals surface area contributed by atoms with E-state index in [1.54, 1.807) is 23.5 Å². The van der Waals surface area contributed by atoms with E-state index in [1.807, 2.05) is 0 Å². The first-order valence-corrected chi connectivity index (χ1v) is 6.08. The predicted octanol–water partition coefficient (Wildman–Crippen LogP) is 3.46. The quantitative estimate of drug-likeness (QED) is 0.879. The highest BCUT2D eigenvalue weighted by atomic mass is 32.1. The fourth-order valence-corrected chi connectivity index (χ4v) is 2.10. The summed E-state index contributed by atoms with van der Waals surface area (Å²) in [5.74, 6) is -0.215. The first-order valence-electron chi connectivity index (χ1n) is 5.20. The molecule has 2 aromatic rings. The molecule has 0 aliphatic rings. The van der Waals surface area contributed by atoms with Crippen LogP contribution in [-0.2, 0) is 13.0 Å². The third-order valence-corrected chi connectivity index (χ3v) is 3.26. The van der Waals surface area contributed by atoms with Crippen molar-refractivity contribution in [1.82, 2.24) is 4.98 Å². The van der Waals surface area contributed by atoms with E-state index in [0.29, 0.717) is 6.54 Å². The van der Waals surface area contributed by atoms with Crippen molar-refractivity contribution < 1.29 is 4.39 Å². The minimum absolute atomic E-state index is 0.215. The number of nitrogens with zero attached hydrogens (tertiary/aromatic N) is 1. The molecular weight excluding hydrogens is 223 g/mol. The van der Waals surface area contributed by atoms with Gasteiger partial charge in [-0.1, -0.05) is 6.92 Å². The van der Waals surface area contributed by atoms with Crippen LogP contribution in [0.25, 0.3) is 0 Å². The molecule has 16 heavy (non-hydrogen) atoms. The van der Waals surface area contributed by atoms with Gasteiger partial charge in [0, 0.05) is 11.1 Å². The Morgan fingerprint density at radius 2 is 2.06 bits per heavy atom. The van der Waals surface area contributed by atoms with E-state index < -0.39 is 0 Å². The molecule has 84 valence electrons. The second-order valence-corrected chi connectivity index (χ2v) is 4.39. The van der Waals surface area contributed by atoms with Gasteiger partial charge in [0.2, 0.25) is 0 Å². The van der Waals surface area contributed by atoms with Crippen LogP contribution in [0.4, 0.5) is 10.1 Å². The lowest BCUT2D eigenvalue weighted by Gasteiger charge is -2.03. The smallest absolute Gasteiger partial charge is 0.123 e. The molecule has 0 amide bonds. The summed E-state index contributed by atoms with van der Waals surface area (Å²) in [7, 11) is 0. The summed E-state index contributed by atoms with van der Waals surface area (Å²) in [4.78, 5) is 4.44. The Balaban J connectivity index is 1.94. The van der Waals surface area contributed by atoms with Crippen LogP contribution < -0.4 is 5.32 Å². The summed E-state index contributed by atoms with van der Waals surface area (Å²) in [5, 5.41) is 6.40. The monoisotopic (exact) mass is 236 g/mol. The summed E-state index contributed by atoms with van der Waals surface area (Å²) < 4.78 is 12.7. The Bertz CT molecular complexity index is 450. The first-order chi connectivity index (χ1) is 7.78. The first kappa shape index (κ1) is 11.1. The van der Waals surface area contributed by atoms with Gasteiger partial charge >= 0.3 is 0 Å². The van der Waals surface area contributed by atoms with E-state index in [2.05, 4.69) is 22.6 Å². The van der Waals surface area contributed by atoms with E-state index >= 15 is 0 Å². The maximum absolute atomic E-state index is 12.7. The lowest BCUT2D eigenvalue weighted by Crippen LogP contribution is -1.99. The van der Waals surface area contributed by atoms with Crippen LogP contribution in [0, 0.1) is 5.82 Å². The zero-order valence-corrected chi connectivity index (χ0v) is 9.85. The topological polar surface area (TPSA) is 24.9 Å². The summed E-state index contributed by atoms with van der Waals surface area (Å²) in [5.41, 5.74) is 1.94. The Hall–Kier alpha value is -1.42. The van der Waals surface area contributed by atoms with Crippen molar-refractivity contribution in [2.45, 2.75) is 19.9 Å². The molecule has 0 spiro atoms.